The van der Waals surface area contributed by atoms with E-state index in [2.05, 4.69) is 26.0 Å². The highest BCUT2D eigenvalue weighted by Crippen LogP contribution is 2.43. The maximum Gasteiger partial charge on any atom is 0.0458 e. The molecule has 2 heteroatoms. The lowest BCUT2D eigenvalue weighted by atomic mass is 10.00. The second kappa shape index (κ2) is 3.75. The summed E-state index contributed by atoms with van der Waals surface area (Å²) in [6.07, 6.45) is 2.57. The first kappa shape index (κ1) is 10.3. The van der Waals surface area contributed by atoms with Gasteiger partial charge < -0.3 is 0 Å². The van der Waals surface area contributed by atoms with Crippen molar-refractivity contribution in [2.75, 3.05) is 0 Å². The van der Waals surface area contributed by atoms with Crippen LogP contribution in [0.1, 0.15) is 49.7 Å². The molecule has 0 aromatic heterocycles. The second-order valence-electron chi connectivity index (χ2n) is 4.33. The normalized spacial score (nSPS) is 16.4. The molecule has 0 heterocycles. The van der Waals surface area contributed by atoms with Crippen LogP contribution in [-0.2, 0) is 0 Å². The van der Waals surface area contributed by atoms with E-state index >= 15 is 0 Å². The Bertz CT molecular complexity index is 328. The fraction of sp³-hybridized carbons (Fsp3) is 0.500. The number of rotatable bonds is 2. The van der Waals surface area contributed by atoms with E-state index in [1.165, 1.54) is 18.4 Å². The molecule has 0 unspecified atom stereocenters. The SMILES string of the molecule is CC(C)c1c(Cl)cc(C2CC2)cc1Cl. The molecule has 0 aliphatic heterocycles. The predicted molar refractivity (Wildman–Crippen MR) is 62.5 cm³/mol. The van der Waals surface area contributed by atoms with Crippen LogP contribution in [0.3, 0.4) is 0 Å². The molecule has 1 aliphatic rings. The molecule has 76 valence electrons. The van der Waals surface area contributed by atoms with E-state index in [-0.39, 0.29) is 0 Å². The Hall–Kier alpha value is -0.200. The Kier molecular flexibility index (Phi) is 2.77. The third kappa shape index (κ3) is 1.92. The van der Waals surface area contributed by atoms with Crippen LogP contribution < -0.4 is 0 Å². The molecule has 0 saturated heterocycles. The van der Waals surface area contributed by atoms with Gasteiger partial charge in [-0.25, -0.2) is 0 Å². The van der Waals surface area contributed by atoms with Gasteiger partial charge in [-0.15, -0.1) is 0 Å². The van der Waals surface area contributed by atoms with E-state index in [9.17, 15) is 0 Å². The van der Waals surface area contributed by atoms with Crippen LogP contribution in [0.15, 0.2) is 12.1 Å². The van der Waals surface area contributed by atoms with Crippen LogP contribution >= 0.6 is 23.2 Å². The highest BCUT2D eigenvalue weighted by atomic mass is 35.5. The summed E-state index contributed by atoms with van der Waals surface area (Å²) in [5.74, 6) is 1.11. The van der Waals surface area contributed by atoms with E-state index in [0.29, 0.717) is 11.8 Å². The summed E-state index contributed by atoms with van der Waals surface area (Å²) in [5.41, 5.74) is 2.39. The lowest BCUT2D eigenvalue weighted by molar-refractivity contribution is 0.865. The smallest absolute Gasteiger partial charge is 0.0458 e. The lowest BCUT2D eigenvalue weighted by Gasteiger charge is -2.12. The standard InChI is InChI=1S/C12H14Cl2/c1-7(2)12-10(13)5-9(6-11(12)14)8-3-4-8/h5-8H,3-4H2,1-2H3. The Morgan fingerprint density at radius 2 is 1.64 bits per heavy atom. The zero-order valence-corrected chi connectivity index (χ0v) is 9.99. The molecule has 0 atom stereocenters. The minimum atomic E-state index is 0.392. The summed E-state index contributed by atoms with van der Waals surface area (Å²) in [7, 11) is 0. The van der Waals surface area contributed by atoms with Crippen LogP contribution in [0.4, 0.5) is 0 Å². The van der Waals surface area contributed by atoms with Crippen molar-refractivity contribution >= 4 is 23.2 Å². The maximum absolute atomic E-state index is 6.22. The van der Waals surface area contributed by atoms with Gasteiger partial charge in [0.2, 0.25) is 0 Å². The molecule has 1 saturated carbocycles. The zero-order chi connectivity index (χ0) is 10.3. The fourth-order valence-electron chi connectivity index (χ4n) is 1.81. The molecule has 0 N–H and O–H groups in total. The Labute approximate surface area is 95.2 Å². The zero-order valence-electron chi connectivity index (χ0n) is 8.48. The summed E-state index contributed by atoms with van der Waals surface area (Å²) < 4.78 is 0. The summed E-state index contributed by atoms with van der Waals surface area (Å²) >= 11 is 12.4. The second-order valence-corrected chi connectivity index (χ2v) is 5.14. The molecule has 0 amide bonds. The largest absolute Gasteiger partial charge is 0.0840 e. The topological polar surface area (TPSA) is 0 Å². The van der Waals surface area contributed by atoms with Crippen molar-refractivity contribution in [2.45, 2.75) is 38.5 Å². The third-order valence-corrected chi connectivity index (χ3v) is 3.35. The molecular formula is C12H14Cl2. The summed E-state index contributed by atoms with van der Waals surface area (Å²) in [6.45, 7) is 4.23. The van der Waals surface area contributed by atoms with E-state index in [1.807, 2.05) is 0 Å². The van der Waals surface area contributed by atoms with Crippen LogP contribution in [0.25, 0.3) is 0 Å². The Morgan fingerprint density at radius 3 is 2.00 bits per heavy atom. The molecule has 14 heavy (non-hydrogen) atoms. The molecule has 0 nitrogen and oxygen atoms in total. The van der Waals surface area contributed by atoms with Crippen molar-refractivity contribution in [3.63, 3.8) is 0 Å². The molecule has 1 aliphatic carbocycles. The van der Waals surface area contributed by atoms with Gasteiger partial charge in [-0.3, -0.25) is 0 Å². The van der Waals surface area contributed by atoms with Gasteiger partial charge in [0, 0.05) is 10.0 Å². The first-order valence-corrected chi connectivity index (χ1v) is 5.84. The van der Waals surface area contributed by atoms with Gasteiger partial charge >= 0.3 is 0 Å². The third-order valence-electron chi connectivity index (χ3n) is 2.73. The Morgan fingerprint density at radius 1 is 1.14 bits per heavy atom. The molecule has 0 radical (unpaired) electrons. The van der Waals surface area contributed by atoms with Crippen molar-refractivity contribution in [3.05, 3.63) is 33.3 Å². The van der Waals surface area contributed by atoms with E-state index in [4.69, 9.17) is 23.2 Å². The van der Waals surface area contributed by atoms with Gasteiger partial charge in [0.15, 0.2) is 0 Å². The Balaban J connectivity index is 2.43. The van der Waals surface area contributed by atoms with Crippen molar-refractivity contribution in [1.82, 2.24) is 0 Å². The van der Waals surface area contributed by atoms with Crippen molar-refractivity contribution < 1.29 is 0 Å². The van der Waals surface area contributed by atoms with Gasteiger partial charge in [-0.2, -0.15) is 0 Å². The van der Waals surface area contributed by atoms with Gasteiger partial charge in [0.05, 0.1) is 0 Å². The molecule has 1 aromatic rings. The minimum absolute atomic E-state index is 0.392. The van der Waals surface area contributed by atoms with Crippen molar-refractivity contribution in [3.8, 4) is 0 Å². The van der Waals surface area contributed by atoms with E-state index < -0.39 is 0 Å². The maximum atomic E-state index is 6.22. The van der Waals surface area contributed by atoms with Crippen LogP contribution in [-0.4, -0.2) is 0 Å². The lowest BCUT2D eigenvalue weighted by Crippen LogP contribution is -1.92. The molecule has 0 spiro atoms. The fourth-order valence-corrected chi connectivity index (χ4v) is 2.75. The number of halogens is 2. The van der Waals surface area contributed by atoms with Crippen LogP contribution in [0, 0.1) is 0 Å². The van der Waals surface area contributed by atoms with Crippen molar-refractivity contribution in [1.29, 1.82) is 0 Å². The van der Waals surface area contributed by atoms with E-state index in [1.54, 1.807) is 0 Å². The minimum Gasteiger partial charge on any atom is -0.0840 e. The summed E-state index contributed by atoms with van der Waals surface area (Å²) in [6, 6.07) is 4.17. The molecule has 1 fully saturated rings. The van der Waals surface area contributed by atoms with Gasteiger partial charge in [-0.05, 0) is 47.9 Å². The highest BCUT2D eigenvalue weighted by molar-refractivity contribution is 6.36. The predicted octanol–water partition coefficient (Wildman–Crippen LogP) is 4.99. The molecule has 0 bridgehead atoms. The summed E-state index contributed by atoms with van der Waals surface area (Å²) in [4.78, 5) is 0. The number of benzene rings is 1. The monoisotopic (exact) mass is 228 g/mol. The molecular weight excluding hydrogens is 215 g/mol. The van der Waals surface area contributed by atoms with Gasteiger partial charge in [-0.1, -0.05) is 37.0 Å². The summed E-state index contributed by atoms with van der Waals surface area (Å²) in [5, 5.41) is 1.66. The average molecular weight is 229 g/mol. The molecule has 1 aromatic carbocycles. The van der Waals surface area contributed by atoms with Crippen LogP contribution in [0.5, 0.6) is 0 Å². The first-order chi connectivity index (χ1) is 6.59. The number of hydrogen-bond donors (Lipinski definition) is 0. The molecule has 2 rings (SSSR count). The van der Waals surface area contributed by atoms with E-state index in [0.717, 1.165) is 15.6 Å². The van der Waals surface area contributed by atoms with Crippen LogP contribution in [0.2, 0.25) is 10.0 Å². The van der Waals surface area contributed by atoms with Crippen molar-refractivity contribution in [2.24, 2.45) is 0 Å². The first-order valence-electron chi connectivity index (χ1n) is 5.08. The highest BCUT2D eigenvalue weighted by Gasteiger charge is 2.25. The quantitative estimate of drug-likeness (QED) is 0.669. The van der Waals surface area contributed by atoms with Gasteiger partial charge in [0.25, 0.3) is 0 Å². The average Bonchev–Trinajstić information content (AvgIpc) is 2.83. The number of hydrogen-bond acceptors (Lipinski definition) is 0. The van der Waals surface area contributed by atoms with Gasteiger partial charge in [0.1, 0.15) is 0 Å².